The van der Waals surface area contributed by atoms with Crippen molar-refractivity contribution in [3.05, 3.63) is 65.9 Å². The number of ketones is 1. The van der Waals surface area contributed by atoms with Gasteiger partial charge in [0.2, 0.25) is 0 Å². The van der Waals surface area contributed by atoms with Crippen molar-refractivity contribution in [2.75, 3.05) is 6.61 Å². The molecule has 0 spiro atoms. The summed E-state index contributed by atoms with van der Waals surface area (Å²) >= 11 is 0. The minimum absolute atomic E-state index is 0.0921. The van der Waals surface area contributed by atoms with E-state index < -0.39 is 11.9 Å². The van der Waals surface area contributed by atoms with Gasteiger partial charge < -0.3 is 14.8 Å². The van der Waals surface area contributed by atoms with Crippen LogP contribution in [0.1, 0.15) is 35.2 Å². The van der Waals surface area contributed by atoms with Gasteiger partial charge in [-0.1, -0.05) is 18.2 Å². The number of aromatic amines is 1. The van der Waals surface area contributed by atoms with Crippen molar-refractivity contribution < 1.29 is 19.4 Å². The van der Waals surface area contributed by atoms with Crippen molar-refractivity contribution in [1.29, 1.82) is 0 Å². The minimum Gasteiger partial charge on any atom is -0.494 e. The summed E-state index contributed by atoms with van der Waals surface area (Å²) in [4.78, 5) is 27.4. The number of carbonyl (C=O) groups excluding carboxylic acids is 1. The van der Waals surface area contributed by atoms with Gasteiger partial charge in [0.05, 0.1) is 12.5 Å². The summed E-state index contributed by atoms with van der Waals surface area (Å²) in [5.41, 5.74) is 1.97. The molecule has 0 fully saturated rings. The second kappa shape index (κ2) is 7.21. The summed E-state index contributed by atoms with van der Waals surface area (Å²) in [6.45, 7) is 2.44. The van der Waals surface area contributed by atoms with Crippen LogP contribution in [0.4, 0.5) is 0 Å². The van der Waals surface area contributed by atoms with Crippen LogP contribution in [0.2, 0.25) is 0 Å². The number of aliphatic carboxylic acids is 1. The monoisotopic (exact) mass is 337 g/mol. The van der Waals surface area contributed by atoms with Gasteiger partial charge in [-0.15, -0.1) is 0 Å². The fourth-order valence-electron chi connectivity index (χ4n) is 2.92. The van der Waals surface area contributed by atoms with Crippen molar-refractivity contribution in [3.63, 3.8) is 0 Å². The van der Waals surface area contributed by atoms with Gasteiger partial charge in [0.25, 0.3) is 0 Å². The van der Waals surface area contributed by atoms with Crippen molar-refractivity contribution >= 4 is 22.7 Å². The van der Waals surface area contributed by atoms with E-state index in [1.807, 2.05) is 31.2 Å². The fraction of sp³-hybridized carbons (Fsp3) is 0.200. The lowest BCUT2D eigenvalue weighted by Gasteiger charge is -2.11. The first kappa shape index (κ1) is 16.8. The van der Waals surface area contributed by atoms with E-state index in [2.05, 4.69) is 4.98 Å². The molecule has 0 aliphatic carbocycles. The Morgan fingerprint density at radius 3 is 2.52 bits per heavy atom. The Labute approximate surface area is 145 Å². The van der Waals surface area contributed by atoms with Crippen LogP contribution in [0, 0.1) is 0 Å². The van der Waals surface area contributed by atoms with Crippen LogP contribution >= 0.6 is 0 Å². The third kappa shape index (κ3) is 3.55. The van der Waals surface area contributed by atoms with Gasteiger partial charge in [-0.2, -0.15) is 0 Å². The first-order valence-electron chi connectivity index (χ1n) is 8.15. The van der Waals surface area contributed by atoms with Gasteiger partial charge in [0.15, 0.2) is 5.78 Å². The van der Waals surface area contributed by atoms with E-state index >= 15 is 0 Å². The number of aromatic nitrogens is 1. The molecular weight excluding hydrogens is 318 g/mol. The number of ether oxygens (including phenoxy) is 1. The predicted molar refractivity (Wildman–Crippen MR) is 95.2 cm³/mol. The van der Waals surface area contributed by atoms with Gasteiger partial charge in [0, 0.05) is 29.1 Å². The molecule has 0 aliphatic rings. The summed E-state index contributed by atoms with van der Waals surface area (Å²) < 4.78 is 5.36. The zero-order valence-electron chi connectivity index (χ0n) is 13.9. The first-order chi connectivity index (χ1) is 12.1. The van der Waals surface area contributed by atoms with Gasteiger partial charge in [-0.3, -0.25) is 9.59 Å². The van der Waals surface area contributed by atoms with Gasteiger partial charge in [0.1, 0.15) is 5.75 Å². The molecule has 0 aliphatic heterocycles. The molecule has 3 rings (SSSR count). The lowest BCUT2D eigenvalue weighted by Crippen LogP contribution is -2.16. The molecule has 5 heteroatoms. The number of benzene rings is 2. The largest absolute Gasteiger partial charge is 0.494 e. The molecule has 0 amide bonds. The second-order valence-corrected chi connectivity index (χ2v) is 5.77. The maximum atomic E-state index is 12.5. The lowest BCUT2D eigenvalue weighted by atomic mass is 9.91. The third-order valence-electron chi connectivity index (χ3n) is 4.17. The number of rotatable bonds is 7. The van der Waals surface area contributed by atoms with Crippen LogP contribution in [0.25, 0.3) is 10.9 Å². The van der Waals surface area contributed by atoms with Gasteiger partial charge in [-0.25, -0.2) is 0 Å². The van der Waals surface area contributed by atoms with E-state index in [-0.39, 0.29) is 12.2 Å². The Kier molecular flexibility index (Phi) is 4.84. The number of hydrogen-bond donors (Lipinski definition) is 2. The molecule has 1 aromatic heterocycles. The van der Waals surface area contributed by atoms with E-state index in [0.717, 1.165) is 10.9 Å². The second-order valence-electron chi connectivity index (χ2n) is 5.77. The molecule has 5 nitrogen and oxygen atoms in total. The van der Waals surface area contributed by atoms with Crippen molar-refractivity contribution in [2.24, 2.45) is 0 Å². The number of hydrogen-bond acceptors (Lipinski definition) is 3. The molecule has 1 heterocycles. The Balaban J connectivity index is 1.84. The fourth-order valence-corrected chi connectivity index (χ4v) is 2.92. The molecular formula is C20H19NO4. The third-order valence-corrected chi connectivity index (χ3v) is 4.17. The lowest BCUT2D eigenvalue weighted by molar-refractivity contribution is -0.138. The minimum atomic E-state index is -1.01. The highest BCUT2D eigenvalue weighted by atomic mass is 16.5. The molecule has 2 aromatic carbocycles. The standard InChI is InChI=1S/C20H19NO4/c1-2-25-14-9-7-13(8-10-14)19(22)11-16(20(23)24)17-12-21-18-6-4-3-5-15(17)18/h3-10,12,16,21H,2,11H2,1H3,(H,23,24). The number of fused-ring (bicyclic) bond motifs is 1. The van der Waals surface area contributed by atoms with E-state index in [1.54, 1.807) is 30.5 Å². The quantitative estimate of drug-likeness (QED) is 0.639. The zero-order chi connectivity index (χ0) is 17.8. The molecule has 128 valence electrons. The Morgan fingerprint density at radius 2 is 1.84 bits per heavy atom. The molecule has 0 radical (unpaired) electrons. The number of Topliss-reactive ketones (excluding diaryl/α,β-unsaturated/α-hetero) is 1. The maximum Gasteiger partial charge on any atom is 0.311 e. The Bertz CT molecular complexity index is 895. The Hall–Kier alpha value is -3.08. The summed E-state index contributed by atoms with van der Waals surface area (Å²) in [6.07, 6.45) is 1.58. The van der Waals surface area contributed by atoms with Crippen LogP contribution in [-0.2, 0) is 4.79 Å². The van der Waals surface area contributed by atoms with Crippen LogP contribution in [0.3, 0.4) is 0 Å². The molecule has 0 saturated heterocycles. The topological polar surface area (TPSA) is 79.4 Å². The highest BCUT2D eigenvalue weighted by Gasteiger charge is 2.26. The first-order valence-corrected chi connectivity index (χ1v) is 8.15. The molecule has 2 N–H and O–H groups in total. The molecule has 0 bridgehead atoms. The number of carboxylic acids is 1. The summed E-state index contributed by atoms with van der Waals surface area (Å²) in [7, 11) is 0. The molecule has 0 saturated carbocycles. The molecule has 3 aromatic rings. The average molecular weight is 337 g/mol. The van der Waals surface area contributed by atoms with E-state index in [9.17, 15) is 14.7 Å². The maximum absolute atomic E-state index is 12.5. The summed E-state index contributed by atoms with van der Waals surface area (Å²) in [6, 6.07) is 14.3. The van der Waals surface area contributed by atoms with Crippen LogP contribution in [-0.4, -0.2) is 28.4 Å². The molecule has 25 heavy (non-hydrogen) atoms. The highest BCUT2D eigenvalue weighted by molar-refractivity contribution is 6.00. The smallest absolute Gasteiger partial charge is 0.311 e. The van der Waals surface area contributed by atoms with E-state index in [0.29, 0.717) is 23.5 Å². The molecule has 1 atom stereocenters. The summed E-state index contributed by atoms with van der Waals surface area (Å²) in [5.74, 6) is -1.43. The van der Waals surface area contributed by atoms with E-state index in [1.165, 1.54) is 0 Å². The van der Waals surface area contributed by atoms with Crippen LogP contribution < -0.4 is 4.74 Å². The van der Waals surface area contributed by atoms with Gasteiger partial charge in [-0.05, 0) is 42.8 Å². The Morgan fingerprint density at radius 1 is 1.12 bits per heavy atom. The SMILES string of the molecule is CCOc1ccc(C(=O)CC(C(=O)O)c2c[nH]c3ccccc23)cc1. The number of nitrogens with one attached hydrogen (secondary N) is 1. The van der Waals surface area contributed by atoms with Crippen molar-refractivity contribution in [2.45, 2.75) is 19.3 Å². The summed E-state index contributed by atoms with van der Waals surface area (Å²) in [5, 5.41) is 10.5. The van der Waals surface area contributed by atoms with Crippen molar-refractivity contribution in [1.82, 2.24) is 4.98 Å². The normalized spacial score (nSPS) is 12.0. The average Bonchev–Trinajstić information content (AvgIpc) is 3.04. The van der Waals surface area contributed by atoms with E-state index in [4.69, 9.17) is 4.74 Å². The number of carbonyl (C=O) groups is 2. The van der Waals surface area contributed by atoms with Crippen LogP contribution in [0.5, 0.6) is 5.75 Å². The number of H-pyrrole nitrogens is 1. The number of carboxylic acid groups (broad SMARTS) is 1. The van der Waals surface area contributed by atoms with Crippen LogP contribution in [0.15, 0.2) is 54.7 Å². The van der Waals surface area contributed by atoms with Gasteiger partial charge >= 0.3 is 5.97 Å². The number of para-hydroxylation sites is 1. The zero-order valence-corrected chi connectivity index (χ0v) is 13.9. The predicted octanol–water partition coefficient (Wildman–Crippen LogP) is 4.01. The molecule has 1 unspecified atom stereocenters. The highest BCUT2D eigenvalue weighted by Crippen LogP contribution is 2.29. The van der Waals surface area contributed by atoms with Crippen molar-refractivity contribution in [3.8, 4) is 5.75 Å².